The summed E-state index contributed by atoms with van der Waals surface area (Å²) in [5, 5.41) is 11.6. The average Bonchev–Trinajstić information content (AvgIpc) is 3.90. The van der Waals surface area contributed by atoms with Gasteiger partial charge in [0.1, 0.15) is 31.0 Å². The van der Waals surface area contributed by atoms with Crippen molar-refractivity contribution in [2.75, 3.05) is 66.0 Å². The number of fused-ring (bicyclic) bond motifs is 1. The van der Waals surface area contributed by atoms with Crippen LogP contribution in [0.25, 0.3) is 10.4 Å². The fourth-order valence-electron chi connectivity index (χ4n) is 6.64. The maximum Gasteiger partial charge on any atom is 0.329 e. The molecule has 1 fully saturated rings. The first-order valence-corrected chi connectivity index (χ1v) is 19.2. The minimum absolute atomic E-state index is 0.137. The highest BCUT2D eigenvalue weighted by Gasteiger charge is 2.43. The number of carboxylic acids is 1. The van der Waals surface area contributed by atoms with E-state index in [0.717, 1.165) is 27.3 Å². The van der Waals surface area contributed by atoms with Crippen LogP contribution in [0.5, 0.6) is 5.75 Å². The summed E-state index contributed by atoms with van der Waals surface area (Å²) in [7, 11) is 0. The maximum atomic E-state index is 14.1. The Kier molecular flexibility index (Phi) is 15.3. The molecule has 14 nitrogen and oxygen atoms in total. The number of carboxylic acid groups (broad SMARTS) is 1. The summed E-state index contributed by atoms with van der Waals surface area (Å²) in [5.41, 5.74) is 5.98. The Balaban J connectivity index is 1.12. The summed E-state index contributed by atoms with van der Waals surface area (Å²) in [6, 6.07) is 12.0. The molecule has 0 bridgehead atoms. The summed E-state index contributed by atoms with van der Waals surface area (Å²) in [6.45, 7) is 9.05. The van der Waals surface area contributed by atoms with Crippen molar-refractivity contribution >= 4 is 35.0 Å². The van der Waals surface area contributed by atoms with E-state index in [2.05, 4.69) is 10.3 Å². The molecular weight excluding hydrogens is 717 g/mol. The van der Waals surface area contributed by atoms with Gasteiger partial charge in [0.25, 0.3) is 5.91 Å². The van der Waals surface area contributed by atoms with E-state index in [1.54, 1.807) is 32.7 Å². The molecular formula is C39H50N4O10S. The highest BCUT2D eigenvalue weighted by Crippen LogP contribution is 2.33. The lowest BCUT2D eigenvalue weighted by molar-refractivity contribution is -0.143. The van der Waals surface area contributed by atoms with Crippen LogP contribution in [0.4, 0.5) is 0 Å². The highest BCUT2D eigenvalue weighted by molar-refractivity contribution is 7.13. The number of hydrogen-bond donors (Lipinski definition) is 2. The van der Waals surface area contributed by atoms with Gasteiger partial charge in [-0.25, -0.2) is 9.78 Å². The number of aliphatic carboxylic acids is 1. The Labute approximate surface area is 319 Å². The Hall–Kier alpha value is -4.41. The second-order valence-corrected chi connectivity index (χ2v) is 14.3. The van der Waals surface area contributed by atoms with Crippen molar-refractivity contribution in [1.82, 2.24) is 20.1 Å². The van der Waals surface area contributed by atoms with E-state index >= 15 is 0 Å². The molecule has 0 saturated carbocycles. The van der Waals surface area contributed by atoms with Gasteiger partial charge in [-0.2, -0.15) is 0 Å². The number of ether oxygens (including phenoxy) is 5. The second kappa shape index (κ2) is 20.3. The zero-order valence-electron chi connectivity index (χ0n) is 31.1. The fraction of sp³-hybridized carbons (Fsp3) is 0.513. The molecule has 3 amide bonds. The molecule has 0 aliphatic carbocycles. The van der Waals surface area contributed by atoms with Crippen LogP contribution >= 0.6 is 11.3 Å². The molecule has 2 atom stereocenters. The van der Waals surface area contributed by atoms with Crippen molar-refractivity contribution in [1.29, 1.82) is 0 Å². The number of carbonyl (C=O) groups excluding carboxylic acids is 3. The Morgan fingerprint density at radius 2 is 1.65 bits per heavy atom. The highest BCUT2D eigenvalue weighted by atomic mass is 32.1. The van der Waals surface area contributed by atoms with Crippen molar-refractivity contribution in [2.45, 2.75) is 58.8 Å². The lowest BCUT2D eigenvalue weighted by Crippen LogP contribution is -2.55. The van der Waals surface area contributed by atoms with Crippen molar-refractivity contribution in [3.8, 4) is 16.2 Å². The molecule has 2 aromatic carbocycles. The normalized spacial score (nSPS) is 15.9. The monoisotopic (exact) mass is 766 g/mol. The van der Waals surface area contributed by atoms with Gasteiger partial charge < -0.3 is 43.9 Å². The molecule has 1 aromatic heterocycles. The van der Waals surface area contributed by atoms with Gasteiger partial charge in [-0.3, -0.25) is 14.4 Å². The third-order valence-corrected chi connectivity index (χ3v) is 10.2. The van der Waals surface area contributed by atoms with E-state index in [1.807, 2.05) is 57.2 Å². The van der Waals surface area contributed by atoms with E-state index in [-0.39, 0.29) is 56.6 Å². The van der Waals surface area contributed by atoms with Crippen LogP contribution < -0.4 is 10.1 Å². The third-order valence-electron chi connectivity index (χ3n) is 9.26. The van der Waals surface area contributed by atoms with E-state index in [1.165, 1.54) is 0 Å². The number of likely N-dealkylation sites (tertiary alicyclic amines) is 1. The molecule has 3 heterocycles. The van der Waals surface area contributed by atoms with Gasteiger partial charge >= 0.3 is 5.97 Å². The van der Waals surface area contributed by atoms with Gasteiger partial charge in [-0.05, 0) is 48.9 Å². The first-order chi connectivity index (χ1) is 26.2. The zero-order chi connectivity index (χ0) is 38.5. The smallest absolute Gasteiger partial charge is 0.329 e. The quantitative estimate of drug-likeness (QED) is 0.142. The van der Waals surface area contributed by atoms with E-state index in [9.17, 15) is 19.2 Å². The van der Waals surface area contributed by atoms with Crippen molar-refractivity contribution < 1.29 is 48.0 Å². The molecule has 54 heavy (non-hydrogen) atoms. The Morgan fingerprint density at radius 3 is 2.30 bits per heavy atom. The van der Waals surface area contributed by atoms with Crippen LogP contribution in [-0.2, 0) is 46.4 Å². The standard InChI is InChI=1S/C39H50N4O10S/c1-26(2)35(43-23-30-7-4-5-8-31(30)38(43)47)39(48)42-12-6-9-32(42)37(46)40-22-29-11-10-28(36-27(3)41-25-54-36)21-33(29)53-20-19-51-16-15-49-13-14-50-17-18-52-24-34(44)45/h4-5,7-8,10-11,21,25-26,32,35H,6,9,12-20,22-24H2,1-3H3,(H,40,46)(H,44,45). The fourth-order valence-corrected chi connectivity index (χ4v) is 7.44. The number of aromatic nitrogens is 1. The van der Waals surface area contributed by atoms with Crippen molar-refractivity contribution in [3.63, 3.8) is 0 Å². The number of amides is 3. The molecule has 2 aliphatic rings. The van der Waals surface area contributed by atoms with Crippen LogP contribution in [0.2, 0.25) is 0 Å². The molecule has 5 rings (SSSR count). The average molecular weight is 767 g/mol. The molecule has 0 radical (unpaired) electrons. The lowest BCUT2D eigenvalue weighted by Gasteiger charge is -2.35. The molecule has 2 aliphatic heterocycles. The molecule has 2 unspecified atom stereocenters. The predicted molar refractivity (Wildman–Crippen MR) is 200 cm³/mol. The van der Waals surface area contributed by atoms with E-state index in [0.29, 0.717) is 70.3 Å². The summed E-state index contributed by atoms with van der Waals surface area (Å²) >= 11 is 1.54. The summed E-state index contributed by atoms with van der Waals surface area (Å²) < 4.78 is 27.6. The van der Waals surface area contributed by atoms with Crippen LogP contribution in [0.15, 0.2) is 48.0 Å². The lowest BCUT2D eigenvalue weighted by atomic mass is 10.0. The maximum absolute atomic E-state index is 14.1. The van der Waals surface area contributed by atoms with Crippen LogP contribution in [0.3, 0.4) is 0 Å². The van der Waals surface area contributed by atoms with Crippen molar-refractivity contribution in [2.24, 2.45) is 5.92 Å². The molecule has 15 heteroatoms. The number of aryl methyl sites for hydroxylation is 1. The molecule has 2 N–H and O–H groups in total. The van der Waals surface area contributed by atoms with Gasteiger partial charge in [0.2, 0.25) is 11.8 Å². The number of rotatable bonds is 22. The molecule has 0 spiro atoms. The van der Waals surface area contributed by atoms with Crippen LogP contribution in [0, 0.1) is 12.8 Å². The minimum atomic E-state index is -1.02. The second-order valence-electron chi connectivity index (χ2n) is 13.4. The number of carbonyl (C=O) groups is 4. The zero-order valence-corrected chi connectivity index (χ0v) is 31.9. The van der Waals surface area contributed by atoms with Gasteiger partial charge in [0.05, 0.1) is 62.3 Å². The van der Waals surface area contributed by atoms with E-state index < -0.39 is 18.1 Å². The first kappa shape index (κ1) is 40.8. The van der Waals surface area contributed by atoms with Gasteiger partial charge in [0, 0.05) is 30.8 Å². The molecule has 292 valence electrons. The predicted octanol–water partition coefficient (Wildman–Crippen LogP) is 3.94. The number of nitrogens with zero attached hydrogens (tertiary/aromatic N) is 3. The number of hydrogen-bond acceptors (Lipinski definition) is 11. The number of thiazole rings is 1. The Morgan fingerprint density at radius 1 is 0.963 bits per heavy atom. The van der Waals surface area contributed by atoms with Gasteiger partial charge in [-0.1, -0.05) is 44.2 Å². The van der Waals surface area contributed by atoms with Gasteiger partial charge in [-0.15, -0.1) is 11.3 Å². The summed E-state index contributed by atoms with van der Waals surface area (Å²) in [4.78, 5) is 60.3. The summed E-state index contributed by atoms with van der Waals surface area (Å²) in [5.74, 6) is -1.14. The number of benzene rings is 2. The van der Waals surface area contributed by atoms with E-state index in [4.69, 9.17) is 28.8 Å². The first-order valence-electron chi connectivity index (χ1n) is 18.3. The Bertz CT molecular complexity index is 1730. The van der Waals surface area contributed by atoms with Crippen LogP contribution in [-0.4, -0.2) is 122 Å². The third kappa shape index (κ3) is 10.8. The largest absolute Gasteiger partial charge is 0.491 e. The van der Waals surface area contributed by atoms with Gasteiger partial charge in [0.15, 0.2) is 0 Å². The summed E-state index contributed by atoms with van der Waals surface area (Å²) in [6.07, 6.45) is 1.24. The molecule has 1 saturated heterocycles. The minimum Gasteiger partial charge on any atom is -0.491 e. The SMILES string of the molecule is Cc1ncsc1-c1ccc(CNC(=O)C2CCCN2C(=O)C(C(C)C)N2Cc3ccccc3C2=O)c(OCCOCCOCCOCCOCC(=O)O)c1. The molecule has 3 aromatic rings. The topological polar surface area (TPSA) is 166 Å². The van der Waals surface area contributed by atoms with Crippen LogP contribution in [0.1, 0.15) is 53.9 Å². The van der Waals surface area contributed by atoms with Crippen molar-refractivity contribution in [3.05, 3.63) is 70.4 Å². The number of nitrogens with one attached hydrogen (secondary N) is 1.